The quantitative estimate of drug-likeness (QED) is 0.414. The third-order valence-corrected chi connectivity index (χ3v) is 6.72. The van der Waals surface area contributed by atoms with Gasteiger partial charge < -0.3 is 4.74 Å². The summed E-state index contributed by atoms with van der Waals surface area (Å²) in [7, 11) is 1.95. The highest BCUT2D eigenvalue weighted by molar-refractivity contribution is 5.79. The lowest BCUT2D eigenvalue weighted by molar-refractivity contribution is -0.634. The molecule has 0 amide bonds. The van der Waals surface area contributed by atoms with Crippen LogP contribution in [0.1, 0.15) is 40.0 Å². The van der Waals surface area contributed by atoms with Crippen LogP contribution in [0.15, 0.2) is 48.5 Å². The van der Waals surface area contributed by atoms with E-state index in [1.165, 1.54) is 18.6 Å². The Morgan fingerprint density at radius 3 is 2.71 bits per heavy atom. The molecule has 0 saturated heterocycles. The fourth-order valence-electron chi connectivity index (χ4n) is 5.11. The van der Waals surface area contributed by atoms with Crippen molar-refractivity contribution in [1.29, 1.82) is 0 Å². The molecule has 5 heteroatoms. The molecule has 4 rings (SSSR count). The van der Waals surface area contributed by atoms with Crippen molar-refractivity contribution in [3.8, 4) is 11.4 Å². The monoisotopic (exact) mass is 423 g/mol. The van der Waals surface area contributed by atoms with Crippen molar-refractivity contribution in [3.05, 3.63) is 54.3 Å². The highest BCUT2D eigenvalue weighted by Gasteiger charge is 2.34. The summed E-state index contributed by atoms with van der Waals surface area (Å²) in [6, 6.07) is 14.4. The molecule has 1 saturated carbocycles. The number of nitrogens with zero attached hydrogens (tertiary/aromatic N) is 2. The molecule has 1 aliphatic carbocycles. The first-order valence-corrected chi connectivity index (χ1v) is 11.3. The van der Waals surface area contributed by atoms with Gasteiger partial charge in [-0.05, 0) is 60.9 Å². The number of esters is 1. The van der Waals surface area contributed by atoms with Crippen LogP contribution in [0.5, 0.6) is 0 Å². The Balaban J connectivity index is 1.68. The molecule has 4 nitrogen and oxygen atoms in total. The SMILES string of the molecule is CC(C)[C@@H]1CC[C@@H](C)CC1OC(=O)Cn1c(-c2cccc(F)c2)[n+](C)c2ccccc21. The van der Waals surface area contributed by atoms with E-state index in [0.717, 1.165) is 35.3 Å². The van der Waals surface area contributed by atoms with Gasteiger partial charge in [0.2, 0.25) is 0 Å². The van der Waals surface area contributed by atoms with Gasteiger partial charge in [0.05, 0.1) is 12.6 Å². The van der Waals surface area contributed by atoms with Gasteiger partial charge in [-0.15, -0.1) is 0 Å². The zero-order chi connectivity index (χ0) is 22.1. The van der Waals surface area contributed by atoms with Crippen molar-refractivity contribution in [2.75, 3.05) is 0 Å². The lowest BCUT2D eigenvalue weighted by atomic mass is 9.75. The third-order valence-electron chi connectivity index (χ3n) is 6.72. The minimum atomic E-state index is -0.298. The third kappa shape index (κ3) is 4.36. The second-order valence-electron chi connectivity index (χ2n) is 9.32. The first-order chi connectivity index (χ1) is 14.8. The molecule has 1 unspecified atom stereocenters. The number of benzene rings is 2. The maximum Gasteiger partial charge on any atom is 0.348 e. The number of hydrogen-bond donors (Lipinski definition) is 0. The minimum absolute atomic E-state index is 0.0375. The minimum Gasteiger partial charge on any atom is -0.459 e. The van der Waals surface area contributed by atoms with Crippen LogP contribution in [-0.2, 0) is 23.1 Å². The summed E-state index contributed by atoms with van der Waals surface area (Å²) < 4.78 is 24.0. The molecule has 2 aromatic carbocycles. The zero-order valence-corrected chi connectivity index (χ0v) is 18.8. The number of halogens is 1. The lowest BCUT2D eigenvalue weighted by Gasteiger charge is -2.36. The smallest absolute Gasteiger partial charge is 0.348 e. The summed E-state index contributed by atoms with van der Waals surface area (Å²) in [6.45, 7) is 6.76. The van der Waals surface area contributed by atoms with Crippen LogP contribution in [0, 0.1) is 23.6 Å². The van der Waals surface area contributed by atoms with E-state index in [0.29, 0.717) is 17.8 Å². The summed E-state index contributed by atoms with van der Waals surface area (Å²) in [5.74, 6) is 1.71. The van der Waals surface area contributed by atoms with E-state index >= 15 is 0 Å². The summed E-state index contributed by atoms with van der Waals surface area (Å²) in [5, 5.41) is 0. The molecule has 0 spiro atoms. The average molecular weight is 424 g/mol. The van der Waals surface area contributed by atoms with E-state index in [2.05, 4.69) is 20.8 Å². The Hall–Kier alpha value is -2.69. The van der Waals surface area contributed by atoms with Crippen LogP contribution in [0.3, 0.4) is 0 Å². The summed E-state index contributed by atoms with van der Waals surface area (Å²) in [6.07, 6.45) is 3.18. The van der Waals surface area contributed by atoms with Crippen LogP contribution in [0.25, 0.3) is 22.4 Å². The van der Waals surface area contributed by atoms with Gasteiger partial charge in [-0.1, -0.05) is 45.4 Å². The molecular weight excluding hydrogens is 391 g/mol. The first kappa shape index (κ1) is 21.5. The van der Waals surface area contributed by atoms with Gasteiger partial charge in [0.25, 0.3) is 5.82 Å². The molecule has 1 heterocycles. The van der Waals surface area contributed by atoms with Crippen LogP contribution in [-0.4, -0.2) is 16.6 Å². The maximum atomic E-state index is 14.0. The van der Waals surface area contributed by atoms with E-state index < -0.39 is 0 Å². The standard InChI is InChI=1S/C26H32FN2O2/c1-17(2)21-13-12-18(3)14-24(21)31-25(30)16-29-23-11-6-5-10-22(23)28(4)26(29)19-8-7-9-20(27)15-19/h5-11,15,17-18,21,24H,12-14,16H2,1-4H3/q+1/t18-,21+,24?/m1/s1. The number of para-hydroxylation sites is 2. The second-order valence-corrected chi connectivity index (χ2v) is 9.32. The van der Waals surface area contributed by atoms with Crippen LogP contribution < -0.4 is 4.57 Å². The number of hydrogen-bond acceptors (Lipinski definition) is 2. The van der Waals surface area contributed by atoms with Crippen molar-refractivity contribution in [2.45, 2.75) is 52.7 Å². The predicted octanol–water partition coefficient (Wildman–Crippen LogP) is 5.28. The van der Waals surface area contributed by atoms with E-state index in [1.807, 2.05) is 46.5 Å². The Bertz CT molecular complexity index is 1090. The molecule has 3 atom stereocenters. The molecule has 0 radical (unpaired) electrons. The molecule has 164 valence electrons. The number of aryl methyl sites for hydroxylation is 1. The predicted molar refractivity (Wildman–Crippen MR) is 120 cm³/mol. The number of carbonyl (C=O) groups excluding carboxylic acids is 1. The number of carbonyl (C=O) groups is 1. The topological polar surface area (TPSA) is 35.1 Å². The number of imidazole rings is 1. The number of fused-ring (bicyclic) bond motifs is 1. The van der Waals surface area contributed by atoms with Gasteiger partial charge in [0.1, 0.15) is 11.9 Å². The van der Waals surface area contributed by atoms with Crippen LogP contribution in [0.2, 0.25) is 0 Å². The molecule has 1 aromatic heterocycles. The molecule has 1 fully saturated rings. The Kier molecular flexibility index (Phi) is 6.12. The molecule has 31 heavy (non-hydrogen) atoms. The van der Waals surface area contributed by atoms with E-state index in [4.69, 9.17) is 4.74 Å². The average Bonchev–Trinajstić information content (AvgIpc) is 2.99. The zero-order valence-electron chi connectivity index (χ0n) is 18.8. The Labute approximate surface area is 183 Å². The van der Waals surface area contributed by atoms with Crippen molar-refractivity contribution in [1.82, 2.24) is 4.57 Å². The van der Waals surface area contributed by atoms with Crippen molar-refractivity contribution in [2.24, 2.45) is 24.8 Å². The van der Waals surface area contributed by atoms with E-state index in [1.54, 1.807) is 6.07 Å². The van der Waals surface area contributed by atoms with Gasteiger partial charge in [0.15, 0.2) is 17.6 Å². The number of rotatable bonds is 5. The summed E-state index contributed by atoms with van der Waals surface area (Å²) in [4.78, 5) is 13.1. The van der Waals surface area contributed by atoms with Crippen molar-refractivity contribution >= 4 is 17.0 Å². The van der Waals surface area contributed by atoms with Gasteiger partial charge >= 0.3 is 5.97 Å². The lowest BCUT2D eigenvalue weighted by Crippen LogP contribution is -2.37. The Morgan fingerprint density at radius 2 is 1.97 bits per heavy atom. The fourth-order valence-corrected chi connectivity index (χ4v) is 5.11. The number of aromatic nitrogens is 2. The summed E-state index contributed by atoms with van der Waals surface area (Å²) in [5.41, 5.74) is 2.65. The molecular formula is C26H32FN2O2+. The second kappa shape index (κ2) is 8.81. The van der Waals surface area contributed by atoms with Crippen molar-refractivity contribution < 1.29 is 18.5 Å². The largest absolute Gasteiger partial charge is 0.459 e. The van der Waals surface area contributed by atoms with Gasteiger partial charge in [-0.2, -0.15) is 0 Å². The summed E-state index contributed by atoms with van der Waals surface area (Å²) >= 11 is 0. The maximum absolute atomic E-state index is 14.0. The van der Waals surface area contributed by atoms with Crippen LogP contribution >= 0.6 is 0 Å². The van der Waals surface area contributed by atoms with E-state index in [9.17, 15) is 9.18 Å². The molecule has 0 N–H and O–H groups in total. The molecule has 1 aliphatic rings. The van der Waals surface area contributed by atoms with Gasteiger partial charge in [-0.25, -0.2) is 18.3 Å². The normalized spacial score (nSPS) is 21.5. The molecule has 3 aromatic rings. The number of ether oxygens (including phenoxy) is 1. The van der Waals surface area contributed by atoms with Gasteiger partial charge in [-0.3, -0.25) is 0 Å². The van der Waals surface area contributed by atoms with Crippen molar-refractivity contribution in [3.63, 3.8) is 0 Å². The fraction of sp³-hybridized carbons (Fsp3) is 0.462. The molecule has 0 bridgehead atoms. The molecule has 0 aliphatic heterocycles. The Morgan fingerprint density at radius 1 is 1.19 bits per heavy atom. The highest BCUT2D eigenvalue weighted by Crippen LogP contribution is 2.35. The highest BCUT2D eigenvalue weighted by atomic mass is 19.1. The first-order valence-electron chi connectivity index (χ1n) is 11.3. The van der Waals surface area contributed by atoms with Crippen LogP contribution in [0.4, 0.5) is 4.39 Å². The van der Waals surface area contributed by atoms with Gasteiger partial charge in [0, 0.05) is 0 Å². The van der Waals surface area contributed by atoms with E-state index in [-0.39, 0.29) is 24.4 Å².